The molecule has 9 heteroatoms. The summed E-state index contributed by atoms with van der Waals surface area (Å²) in [7, 11) is 1.24. The minimum atomic E-state index is -4.61. The second-order valence-corrected chi connectivity index (χ2v) is 22.0. The fraction of sp³-hybridized carbons (Fsp3) is 0.845. The zero-order valence-electron chi connectivity index (χ0n) is 44.9. The molecule has 8 nitrogen and oxygen atoms in total. The molecule has 1 amide bonds. The number of hydrogen-bond acceptors (Lipinski definition) is 6. The van der Waals surface area contributed by atoms with Gasteiger partial charge in [-0.2, -0.15) is 0 Å². The second-order valence-electron chi connectivity index (χ2n) is 20.6. The van der Waals surface area contributed by atoms with Crippen LogP contribution >= 0.6 is 7.82 Å². The van der Waals surface area contributed by atoms with Crippen LogP contribution in [0.15, 0.2) is 48.6 Å². The van der Waals surface area contributed by atoms with E-state index in [1.807, 2.05) is 27.2 Å². The predicted molar refractivity (Wildman–Crippen MR) is 288 cm³/mol. The van der Waals surface area contributed by atoms with Gasteiger partial charge in [0.25, 0.3) is 7.82 Å². The van der Waals surface area contributed by atoms with Crippen molar-refractivity contribution in [3.63, 3.8) is 0 Å². The lowest BCUT2D eigenvalue weighted by Crippen LogP contribution is -2.45. The zero-order valence-corrected chi connectivity index (χ0v) is 45.7. The standard InChI is InChI=1S/C58H111N2O6P/c1-6-8-10-12-14-16-18-20-22-24-26-28-29-30-32-33-35-37-39-41-43-45-47-49-51-57(61)56(55-66-67(63,64)65-54-53-60(3,4)5)59-58(62)52-50-48-46-44-42-40-38-36-34-31-27-25-23-21-19-17-15-13-11-9-7-2/h19,21,25,27,41,43,49,51,56-57,61H,6-18,20,22-24,26,28-40,42,44-48,50,52-55H2,1-5H3,(H-,59,62,63,64)/b21-19-,27-25-,43-41+,51-49+. The van der Waals surface area contributed by atoms with Gasteiger partial charge in [0.2, 0.25) is 5.91 Å². The third-order valence-corrected chi connectivity index (χ3v) is 13.7. The van der Waals surface area contributed by atoms with Crippen LogP contribution in [0.3, 0.4) is 0 Å². The van der Waals surface area contributed by atoms with Gasteiger partial charge in [0, 0.05) is 6.42 Å². The van der Waals surface area contributed by atoms with E-state index in [2.05, 4.69) is 55.6 Å². The van der Waals surface area contributed by atoms with E-state index in [0.717, 1.165) is 44.9 Å². The molecule has 0 bridgehead atoms. The number of likely N-dealkylation sites (N-methyl/N-ethyl adjacent to an activating group) is 1. The molecule has 0 fully saturated rings. The van der Waals surface area contributed by atoms with Gasteiger partial charge in [0.05, 0.1) is 39.9 Å². The highest BCUT2D eigenvalue weighted by molar-refractivity contribution is 7.45. The normalized spacial score (nSPS) is 14.3. The molecule has 0 rings (SSSR count). The largest absolute Gasteiger partial charge is 0.756 e. The van der Waals surface area contributed by atoms with Gasteiger partial charge in [-0.05, 0) is 64.2 Å². The molecule has 2 N–H and O–H groups in total. The molecule has 0 radical (unpaired) electrons. The minimum absolute atomic E-state index is 0.00788. The summed E-state index contributed by atoms with van der Waals surface area (Å²) in [5.41, 5.74) is 0. The Hall–Kier alpha value is -1.54. The molecule has 0 aliphatic rings. The number of rotatable bonds is 52. The lowest BCUT2D eigenvalue weighted by atomic mass is 10.0. The van der Waals surface area contributed by atoms with Gasteiger partial charge in [0.1, 0.15) is 13.2 Å². The molecular weight excluding hydrogens is 852 g/mol. The average molecular weight is 964 g/mol. The van der Waals surface area contributed by atoms with Gasteiger partial charge in [-0.1, -0.05) is 242 Å². The van der Waals surface area contributed by atoms with E-state index in [-0.39, 0.29) is 12.5 Å². The van der Waals surface area contributed by atoms with Crippen LogP contribution in [0.2, 0.25) is 0 Å². The zero-order chi connectivity index (χ0) is 49.2. The first-order valence-electron chi connectivity index (χ1n) is 28.5. The smallest absolute Gasteiger partial charge is 0.268 e. The van der Waals surface area contributed by atoms with Crippen LogP contribution in [0.25, 0.3) is 0 Å². The molecule has 0 heterocycles. The summed E-state index contributed by atoms with van der Waals surface area (Å²) in [6.07, 6.45) is 64.7. The molecule has 394 valence electrons. The first-order chi connectivity index (χ1) is 32.5. The van der Waals surface area contributed by atoms with E-state index in [1.165, 1.54) is 199 Å². The summed E-state index contributed by atoms with van der Waals surface area (Å²) < 4.78 is 23.3. The van der Waals surface area contributed by atoms with E-state index in [4.69, 9.17) is 9.05 Å². The number of aliphatic hydroxyl groups excluding tert-OH is 1. The second kappa shape index (κ2) is 49.4. The Morgan fingerprint density at radius 1 is 0.522 bits per heavy atom. The van der Waals surface area contributed by atoms with E-state index < -0.39 is 26.6 Å². The third kappa shape index (κ3) is 52.1. The van der Waals surface area contributed by atoms with Crippen molar-refractivity contribution in [3.8, 4) is 0 Å². The minimum Gasteiger partial charge on any atom is -0.756 e. The number of phosphoric acid groups is 1. The molecule has 0 aromatic rings. The number of nitrogens with zero attached hydrogens (tertiary/aromatic N) is 1. The lowest BCUT2D eigenvalue weighted by molar-refractivity contribution is -0.870. The van der Waals surface area contributed by atoms with Gasteiger partial charge in [-0.3, -0.25) is 9.36 Å². The number of phosphoric ester groups is 1. The van der Waals surface area contributed by atoms with Crippen molar-refractivity contribution in [2.24, 2.45) is 0 Å². The number of allylic oxidation sites excluding steroid dienone is 7. The van der Waals surface area contributed by atoms with Crippen LogP contribution in [0.4, 0.5) is 0 Å². The van der Waals surface area contributed by atoms with Crippen LogP contribution in [0.1, 0.15) is 264 Å². The fourth-order valence-corrected chi connectivity index (χ4v) is 8.98. The molecule has 67 heavy (non-hydrogen) atoms. The van der Waals surface area contributed by atoms with Gasteiger partial charge in [-0.15, -0.1) is 0 Å². The monoisotopic (exact) mass is 963 g/mol. The lowest BCUT2D eigenvalue weighted by Gasteiger charge is -2.29. The Morgan fingerprint density at radius 2 is 0.881 bits per heavy atom. The Kier molecular flexibility index (Phi) is 48.3. The number of hydrogen-bond donors (Lipinski definition) is 2. The molecule has 0 spiro atoms. The van der Waals surface area contributed by atoms with E-state index in [1.54, 1.807) is 6.08 Å². The van der Waals surface area contributed by atoms with Gasteiger partial charge >= 0.3 is 0 Å². The molecule has 0 saturated heterocycles. The van der Waals surface area contributed by atoms with Crippen molar-refractivity contribution in [2.75, 3.05) is 40.9 Å². The predicted octanol–water partition coefficient (Wildman–Crippen LogP) is 16.5. The summed E-state index contributed by atoms with van der Waals surface area (Å²) in [6.45, 7) is 4.64. The summed E-state index contributed by atoms with van der Waals surface area (Å²) in [6, 6.07) is -0.907. The Labute approximate surface area is 416 Å². The maximum absolute atomic E-state index is 12.9. The van der Waals surface area contributed by atoms with E-state index >= 15 is 0 Å². The van der Waals surface area contributed by atoms with Crippen molar-refractivity contribution < 1.29 is 32.9 Å². The first-order valence-corrected chi connectivity index (χ1v) is 30.0. The van der Waals surface area contributed by atoms with Crippen LogP contribution in [-0.4, -0.2) is 68.5 Å². The quantitative estimate of drug-likeness (QED) is 0.0272. The molecule has 0 saturated carbocycles. The maximum atomic E-state index is 12.9. The fourth-order valence-electron chi connectivity index (χ4n) is 8.26. The van der Waals surface area contributed by atoms with Crippen LogP contribution in [0.5, 0.6) is 0 Å². The SMILES string of the molecule is CCCCCCC/C=C\C/C=C\CCCCCCCCCCCC(=O)NC(COP(=O)([O-])OCC[N+](C)(C)C)C(O)/C=C/CC/C=C/CCCCCCCCCCCCCCCCCCCC. The molecular formula is C58H111N2O6P. The highest BCUT2D eigenvalue weighted by Crippen LogP contribution is 2.38. The summed E-state index contributed by atoms with van der Waals surface area (Å²) in [5.74, 6) is -0.210. The highest BCUT2D eigenvalue weighted by Gasteiger charge is 2.23. The number of quaternary nitrogens is 1. The summed E-state index contributed by atoms with van der Waals surface area (Å²) in [5, 5.41) is 13.9. The highest BCUT2D eigenvalue weighted by atomic mass is 31.2. The topological polar surface area (TPSA) is 108 Å². The molecule has 0 aromatic carbocycles. The van der Waals surface area contributed by atoms with E-state index in [0.29, 0.717) is 17.4 Å². The molecule has 0 aliphatic heterocycles. The van der Waals surface area contributed by atoms with Crippen molar-refractivity contribution in [2.45, 2.75) is 276 Å². The van der Waals surface area contributed by atoms with Crippen molar-refractivity contribution in [1.29, 1.82) is 0 Å². The summed E-state index contributed by atoms with van der Waals surface area (Å²) in [4.78, 5) is 25.5. The average Bonchev–Trinajstić information content (AvgIpc) is 3.29. The molecule has 0 aromatic heterocycles. The van der Waals surface area contributed by atoms with Gasteiger partial charge < -0.3 is 28.8 Å². The van der Waals surface area contributed by atoms with Crippen LogP contribution in [-0.2, 0) is 18.4 Å². The van der Waals surface area contributed by atoms with Crippen LogP contribution in [0, 0.1) is 0 Å². The Balaban J connectivity index is 4.28. The molecule has 3 unspecified atom stereocenters. The Morgan fingerprint density at radius 3 is 1.30 bits per heavy atom. The van der Waals surface area contributed by atoms with Gasteiger partial charge in [-0.25, -0.2) is 0 Å². The summed E-state index contributed by atoms with van der Waals surface area (Å²) >= 11 is 0. The molecule has 0 aliphatic carbocycles. The van der Waals surface area contributed by atoms with Gasteiger partial charge in [0.15, 0.2) is 0 Å². The van der Waals surface area contributed by atoms with Crippen molar-refractivity contribution in [1.82, 2.24) is 5.32 Å². The van der Waals surface area contributed by atoms with E-state index in [9.17, 15) is 19.4 Å². The third-order valence-electron chi connectivity index (χ3n) is 12.8. The number of amides is 1. The number of carbonyl (C=O) groups excluding carboxylic acids is 1. The Bertz CT molecular complexity index is 1230. The maximum Gasteiger partial charge on any atom is 0.268 e. The number of carbonyl (C=O) groups is 1. The van der Waals surface area contributed by atoms with Crippen molar-refractivity contribution >= 4 is 13.7 Å². The molecule has 3 atom stereocenters. The van der Waals surface area contributed by atoms with Crippen LogP contribution < -0.4 is 10.2 Å². The number of unbranched alkanes of at least 4 members (excludes halogenated alkanes) is 33. The number of nitrogens with one attached hydrogen (secondary N) is 1. The first kappa shape index (κ1) is 65.5. The number of aliphatic hydroxyl groups is 1. The van der Waals surface area contributed by atoms with Crippen molar-refractivity contribution in [3.05, 3.63) is 48.6 Å².